The average molecular weight is 697 g/mol. The number of nitrogens with zero attached hydrogens (tertiary/aromatic N) is 3. The van der Waals surface area contributed by atoms with E-state index in [9.17, 15) is 0 Å². The monoisotopic (exact) mass is 696 g/mol. The molecule has 0 amide bonds. The lowest BCUT2D eigenvalue weighted by Gasteiger charge is -2.21. The fourth-order valence-electron chi connectivity index (χ4n) is 8.02. The summed E-state index contributed by atoms with van der Waals surface area (Å²) in [6.45, 7) is 16.0. The second-order valence-corrected chi connectivity index (χ2v) is 15.9. The van der Waals surface area contributed by atoms with Crippen LogP contribution in [0.25, 0.3) is 71.2 Å². The van der Waals surface area contributed by atoms with Gasteiger partial charge in [0.1, 0.15) is 10.7 Å². The van der Waals surface area contributed by atoms with Gasteiger partial charge in [-0.1, -0.05) is 119 Å². The van der Waals surface area contributed by atoms with Crippen LogP contribution < -0.4 is 4.57 Å². The highest BCUT2D eigenvalue weighted by Gasteiger charge is 2.33. The number of aromatic nitrogens is 3. The van der Waals surface area contributed by atoms with Crippen LogP contribution >= 0.6 is 11.3 Å². The number of thiazole rings is 1. The van der Waals surface area contributed by atoms with E-state index >= 15 is 0 Å². The van der Waals surface area contributed by atoms with Crippen molar-refractivity contribution in [3.63, 3.8) is 0 Å². The summed E-state index contributed by atoms with van der Waals surface area (Å²) >= 11 is 1.80. The Bertz CT molecular complexity index is 2550. The quantitative estimate of drug-likeness (QED) is 0.152. The molecule has 2 aromatic heterocycles. The second kappa shape index (κ2) is 13.3. The van der Waals surface area contributed by atoms with E-state index in [1.807, 2.05) is 0 Å². The minimum atomic E-state index is 0.308. The molecule has 0 radical (unpaired) electrons. The normalized spacial score (nSPS) is 11.8. The van der Waals surface area contributed by atoms with Crippen LogP contribution in [0.2, 0.25) is 0 Å². The van der Waals surface area contributed by atoms with Crippen molar-refractivity contribution in [3.8, 4) is 49.9 Å². The van der Waals surface area contributed by atoms with Gasteiger partial charge in [0.05, 0.1) is 22.8 Å². The maximum absolute atomic E-state index is 5.55. The molecule has 0 saturated heterocycles. The van der Waals surface area contributed by atoms with Crippen molar-refractivity contribution in [3.05, 3.63) is 149 Å². The molecule has 0 aliphatic heterocycles. The molecule has 0 saturated carbocycles. The zero-order valence-electron chi connectivity index (χ0n) is 31.5. The van der Waals surface area contributed by atoms with Gasteiger partial charge >= 0.3 is 0 Å². The maximum Gasteiger partial charge on any atom is 0.297 e. The Morgan fingerprint density at radius 2 is 1.12 bits per heavy atom. The van der Waals surface area contributed by atoms with Crippen LogP contribution in [0.5, 0.6) is 0 Å². The van der Waals surface area contributed by atoms with Gasteiger partial charge in [-0.3, -0.25) is 0 Å². The van der Waals surface area contributed by atoms with Crippen LogP contribution in [-0.4, -0.2) is 9.55 Å². The van der Waals surface area contributed by atoms with Crippen molar-refractivity contribution in [2.75, 3.05) is 0 Å². The van der Waals surface area contributed by atoms with Crippen molar-refractivity contribution in [1.29, 1.82) is 0 Å². The van der Waals surface area contributed by atoms with Crippen LogP contribution in [0.15, 0.2) is 121 Å². The Kier molecular flexibility index (Phi) is 8.67. The molecule has 0 aliphatic rings. The summed E-state index contributed by atoms with van der Waals surface area (Å²) in [6, 6.07) is 44.4. The first-order chi connectivity index (χ1) is 25.1. The Morgan fingerprint density at radius 1 is 0.577 bits per heavy atom. The Hall–Kier alpha value is -5.32. The minimum absolute atomic E-state index is 0.308. The van der Waals surface area contributed by atoms with Gasteiger partial charge in [0.15, 0.2) is 11.0 Å². The maximum atomic E-state index is 5.55. The minimum Gasteiger partial charge on any atom is -0.235 e. The van der Waals surface area contributed by atoms with E-state index in [1.54, 1.807) is 11.3 Å². The van der Waals surface area contributed by atoms with Crippen LogP contribution in [0.4, 0.5) is 0 Å². The molecule has 0 N–H and O–H groups in total. The Morgan fingerprint density at radius 3 is 1.69 bits per heavy atom. The molecule has 52 heavy (non-hydrogen) atoms. The molecule has 0 aliphatic carbocycles. The summed E-state index contributed by atoms with van der Waals surface area (Å²) in [5.41, 5.74) is 18.6. The molecular formula is C48H46N3S+. The number of hydrogen-bond acceptors (Lipinski definition) is 2. The summed E-state index contributed by atoms with van der Waals surface area (Å²) in [6.07, 6.45) is 0. The van der Waals surface area contributed by atoms with Gasteiger partial charge in [0, 0.05) is 16.7 Å². The van der Waals surface area contributed by atoms with E-state index in [0.717, 1.165) is 16.3 Å². The van der Waals surface area contributed by atoms with E-state index in [2.05, 4.69) is 186 Å². The lowest BCUT2D eigenvalue weighted by Crippen LogP contribution is -2.30. The molecule has 6 aromatic carbocycles. The number of imidazole rings is 1. The fraction of sp³-hybridized carbons (Fsp3) is 0.208. The van der Waals surface area contributed by atoms with E-state index < -0.39 is 0 Å². The molecular weight excluding hydrogens is 651 g/mol. The molecule has 3 nitrogen and oxygen atoms in total. The number of fused-ring (bicyclic) bond motifs is 2. The molecule has 0 atom stereocenters. The predicted molar refractivity (Wildman–Crippen MR) is 222 cm³/mol. The van der Waals surface area contributed by atoms with E-state index in [0.29, 0.717) is 11.8 Å². The summed E-state index contributed by atoms with van der Waals surface area (Å²) in [7, 11) is 2.22. The van der Waals surface area contributed by atoms with Gasteiger partial charge < -0.3 is 0 Å². The van der Waals surface area contributed by atoms with Crippen molar-refractivity contribution in [1.82, 2.24) is 9.55 Å². The summed E-state index contributed by atoms with van der Waals surface area (Å²) in [5, 5.41) is 1.07. The first-order valence-electron chi connectivity index (χ1n) is 18.4. The smallest absolute Gasteiger partial charge is 0.235 e. The summed E-state index contributed by atoms with van der Waals surface area (Å²) < 4.78 is 6.15. The van der Waals surface area contributed by atoms with E-state index in [4.69, 9.17) is 4.98 Å². The van der Waals surface area contributed by atoms with Crippen molar-refractivity contribution >= 4 is 32.6 Å². The van der Waals surface area contributed by atoms with Crippen molar-refractivity contribution in [2.24, 2.45) is 7.05 Å². The first-order valence-corrected chi connectivity index (χ1v) is 19.2. The summed E-state index contributed by atoms with van der Waals surface area (Å²) in [5.74, 6) is 1.77. The third kappa shape index (κ3) is 5.66. The number of rotatable bonds is 7. The highest BCUT2D eigenvalue weighted by molar-refractivity contribution is 7.21. The van der Waals surface area contributed by atoms with Crippen molar-refractivity contribution < 1.29 is 4.57 Å². The molecule has 8 rings (SSSR count). The Labute approximate surface area is 311 Å². The second-order valence-electron chi connectivity index (χ2n) is 14.9. The van der Waals surface area contributed by atoms with Crippen LogP contribution in [0.1, 0.15) is 67.3 Å². The molecule has 2 heterocycles. The number of benzene rings is 6. The molecule has 4 heteroatoms. The van der Waals surface area contributed by atoms with Crippen LogP contribution in [0, 0.1) is 20.8 Å². The van der Waals surface area contributed by atoms with E-state index in [-0.39, 0.29) is 0 Å². The van der Waals surface area contributed by atoms with Gasteiger partial charge in [-0.2, -0.15) is 4.57 Å². The lowest BCUT2D eigenvalue weighted by atomic mass is 9.88. The molecule has 258 valence electrons. The SMILES string of the molecule is Cc1cc(-c2ccccc2)cc(C)c1-c1nc2c(-c3n(-c4c(C(C)C)cc(-c5ccccc5)cc4C(C)C)c4ccccc4[n+]3C)c(C)ccc2s1. The van der Waals surface area contributed by atoms with Gasteiger partial charge in [0.2, 0.25) is 0 Å². The van der Waals surface area contributed by atoms with Crippen LogP contribution in [0.3, 0.4) is 0 Å². The van der Waals surface area contributed by atoms with E-state index in [1.165, 1.54) is 82.6 Å². The largest absolute Gasteiger partial charge is 0.297 e. The standard InChI is InChI=1S/C48H46N3S/c1-29(2)38-27-37(35-19-13-10-14-20-35)28-39(30(3)4)46(38)51-41-22-16-15-21-40(41)50(8)48(51)44-31(5)23-24-42-45(44)49-47(52-42)43-32(6)25-36(26-33(43)7)34-17-11-9-12-18-34/h9-30H,1-8H3/q+1. The lowest BCUT2D eigenvalue weighted by molar-refractivity contribution is -0.633. The van der Waals surface area contributed by atoms with Gasteiger partial charge in [-0.05, 0) is 102 Å². The van der Waals surface area contributed by atoms with Crippen molar-refractivity contribution in [2.45, 2.75) is 60.3 Å². The third-order valence-corrected chi connectivity index (χ3v) is 11.6. The zero-order chi connectivity index (χ0) is 36.3. The molecule has 8 aromatic rings. The highest BCUT2D eigenvalue weighted by Crippen LogP contribution is 2.44. The third-order valence-electron chi connectivity index (χ3n) is 10.6. The predicted octanol–water partition coefficient (Wildman–Crippen LogP) is 12.9. The summed E-state index contributed by atoms with van der Waals surface area (Å²) in [4.78, 5) is 5.55. The van der Waals surface area contributed by atoms with Crippen LogP contribution in [-0.2, 0) is 7.05 Å². The van der Waals surface area contributed by atoms with Gasteiger partial charge in [0.25, 0.3) is 5.82 Å². The molecule has 0 spiro atoms. The molecule has 0 fully saturated rings. The Balaban J connectivity index is 1.41. The molecule has 0 unspecified atom stereocenters. The first kappa shape index (κ1) is 33.8. The molecule has 0 bridgehead atoms. The number of para-hydroxylation sites is 2. The van der Waals surface area contributed by atoms with Gasteiger partial charge in [-0.15, -0.1) is 11.3 Å². The highest BCUT2D eigenvalue weighted by atomic mass is 32.1. The number of aryl methyl sites for hydroxylation is 4. The fourth-order valence-corrected chi connectivity index (χ4v) is 9.17. The van der Waals surface area contributed by atoms with Gasteiger partial charge in [-0.25, -0.2) is 9.55 Å². The number of hydrogen-bond donors (Lipinski definition) is 0. The average Bonchev–Trinajstić information content (AvgIpc) is 3.69. The topological polar surface area (TPSA) is 21.7 Å². The zero-order valence-corrected chi connectivity index (χ0v) is 32.3.